The van der Waals surface area contributed by atoms with Gasteiger partial charge in [0, 0.05) is 13.0 Å². The SMILES string of the molecule is CC(C)CN1C(=O)CC(C(=O)O)C1c1ccc(F)c(F)c1. The molecule has 0 radical (unpaired) electrons. The van der Waals surface area contributed by atoms with Crippen LogP contribution in [0.25, 0.3) is 0 Å². The van der Waals surface area contributed by atoms with Gasteiger partial charge in [-0.15, -0.1) is 0 Å². The molecule has 1 fully saturated rings. The lowest BCUT2D eigenvalue weighted by molar-refractivity contribution is -0.142. The molecule has 1 aromatic carbocycles. The van der Waals surface area contributed by atoms with Crippen molar-refractivity contribution in [2.75, 3.05) is 6.54 Å². The third-order valence-corrected chi connectivity index (χ3v) is 3.60. The zero-order valence-corrected chi connectivity index (χ0v) is 11.8. The number of carboxylic acids is 1. The molecule has 6 heteroatoms. The van der Waals surface area contributed by atoms with Crippen LogP contribution >= 0.6 is 0 Å². The van der Waals surface area contributed by atoms with Crippen molar-refractivity contribution in [3.63, 3.8) is 0 Å². The Hall–Kier alpha value is -1.98. The van der Waals surface area contributed by atoms with Crippen LogP contribution in [-0.4, -0.2) is 28.4 Å². The van der Waals surface area contributed by atoms with Crippen LogP contribution in [0.3, 0.4) is 0 Å². The highest BCUT2D eigenvalue weighted by molar-refractivity contribution is 5.87. The molecule has 1 N–H and O–H groups in total. The molecular weight excluding hydrogens is 280 g/mol. The van der Waals surface area contributed by atoms with E-state index in [1.807, 2.05) is 13.8 Å². The first kappa shape index (κ1) is 15.4. The number of carboxylic acid groups (broad SMARTS) is 1. The Morgan fingerprint density at radius 2 is 2.05 bits per heavy atom. The van der Waals surface area contributed by atoms with E-state index in [2.05, 4.69) is 0 Å². The number of halogens is 2. The van der Waals surface area contributed by atoms with Gasteiger partial charge in [-0.3, -0.25) is 9.59 Å². The Balaban J connectivity index is 2.43. The number of rotatable bonds is 4. The van der Waals surface area contributed by atoms with Gasteiger partial charge in [-0.05, 0) is 23.6 Å². The van der Waals surface area contributed by atoms with Crippen LogP contribution in [0.15, 0.2) is 18.2 Å². The molecule has 0 aliphatic carbocycles. The number of amides is 1. The highest BCUT2D eigenvalue weighted by atomic mass is 19.2. The summed E-state index contributed by atoms with van der Waals surface area (Å²) < 4.78 is 26.5. The van der Waals surface area contributed by atoms with E-state index in [9.17, 15) is 23.5 Å². The van der Waals surface area contributed by atoms with Crippen LogP contribution in [-0.2, 0) is 9.59 Å². The van der Waals surface area contributed by atoms with E-state index in [0.717, 1.165) is 12.1 Å². The molecule has 1 aliphatic rings. The fourth-order valence-electron chi connectivity index (χ4n) is 2.73. The minimum atomic E-state index is -1.11. The van der Waals surface area contributed by atoms with E-state index in [4.69, 9.17) is 0 Å². The molecule has 1 heterocycles. The summed E-state index contributed by atoms with van der Waals surface area (Å²) in [4.78, 5) is 24.9. The Kier molecular flexibility index (Phi) is 4.25. The van der Waals surface area contributed by atoms with E-state index in [-0.39, 0.29) is 18.2 Å². The first-order valence-corrected chi connectivity index (χ1v) is 6.78. The van der Waals surface area contributed by atoms with Crippen LogP contribution in [0, 0.1) is 23.5 Å². The van der Waals surface area contributed by atoms with Gasteiger partial charge in [0.15, 0.2) is 11.6 Å². The van der Waals surface area contributed by atoms with Gasteiger partial charge >= 0.3 is 5.97 Å². The van der Waals surface area contributed by atoms with Crippen molar-refractivity contribution in [2.45, 2.75) is 26.3 Å². The Morgan fingerprint density at radius 1 is 1.38 bits per heavy atom. The lowest BCUT2D eigenvalue weighted by atomic mass is 9.93. The summed E-state index contributed by atoms with van der Waals surface area (Å²) in [5, 5.41) is 9.29. The molecule has 2 rings (SSSR count). The second-order valence-corrected chi connectivity index (χ2v) is 5.71. The standard InChI is InChI=1S/C15H17F2NO3/c1-8(2)7-18-13(19)6-10(15(20)21)14(18)9-3-4-11(16)12(17)5-9/h3-5,8,10,14H,6-7H2,1-2H3,(H,20,21). The monoisotopic (exact) mass is 297 g/mol. The van der Waals surface area contributed by atoms with Crippen molar-refractivity contribution in [3.8, 4) is 0 Å². The number of carbonyl (C=O) groups is 2. The predicted octanol–water partition coefficient (Wildman–Crippen LogP) is 2.60. The quantitative estimate of drug-likeness (QED) is 0.929. The third kappa shape index (κ3) is 3.04. The number of likely N-dealkylation sites (tertiary alicyclic amines) is 1. The van der Waals surface area contributed by atoms with E-state index < -0.39 is 29.6 Å². The molecule has 114 valence electrons. The lowest BCUT2D eigenvalue weighted by Gasteiger charge is -2.28. The van der Waals surface area contributed by atoms with E-state index >= 15 is 0 Å². The first-order valence-electron chi connectivity index (χ1n) is 6.78. The molecule has 0 bridgehead atoms. The van der Waals surface area contributed by atoms with Gasteiger partial charge in [0.2, 0.25) is 5.91 Å². The van der Waals surface area contributed by atoms with Gasteiger partial charge in [-0.2, -0.15) is 0 Å². The fourth-order valence-corrected chi connectivity index (χ4v) is 2.73. The molecule has 1 aromatic rings. The summed E-state index contributed by atoms with van der Waals surface area (Å²) in [6.07, 6.45) is -0.119. The highest BCUT2D eigenvalue weighted by Gasteiger charge is 2.44. The van der Waals surface area contributed by atoms with Gasteiger partial charge in [-0.1, -0.05) is 19.9 Å². The van der Waals surface area contributed by atoms with Gasteiger partial charge in [0.1, 0.15) is 0 Å². The maximum Gasteiger partial charge on any atom is 0.309 e. The third-order valence-electron chi connectivity index (χ3n) is 3.60. The molecule has 1 amide bonds. The summed E-state index contributed by atoms with van der Waals surface area (Å²) in [5.41, 5.74) is 0.313. The summed E-state index contributed by atoms with van der Waals surface area (Å²) in [7, 11) is 0. The fraction of sp³-hybridized carbons (Fsp3) is 0.467. The number of hydrogen-bond acceptors (Lipinski definition) is 2. The largest absolute Gasteiger partial charge is 0.481 e. The van der Waals surface area contributed by atoms with Crippen LogP contribution in [0.5, 0.6) is 0 Å². The van der Waals surface area contributed by atoms with Crippen molar-refractivity contribution < 1.29 is 23.5 Å². The van der Waals surface area contributed by atoms with Crippen LogP contribution in [0.1, 0.15) is 31.9 Å². The van der Waals surface area contributed by atoms with Gasteiger partial charge < -0.3 is 10.0 Å². The topological polar surface area (TPSA) is 57.6 Å². The molecule has 0 saturated carbocycles. The van der Waals surface area contributed by atoms with Crippen LogP contribution in [0.4, 0.5) is 8.78 Å². The van der Waals surface area contributed by atoms with E-state index in [1.165, 1.54) is 11.0 Å². The molecule has 1 aliphatic heterocycles. The first-order chi connectivity index (χ1) is 9.81. The lowest BCUT2D eigenvalue weighted by Crippen LogP contribution is -2.33. The average Bonchev–Trinajstić information content (AvgIpc) is 2.70. The smallest absolute Gasteiger partial charge is 0.309 e. The minimum Gasteiger partial charge on any atom is -0.481 e. The normalized spacial score (nSPS) is 22.1. The van der Waals surface area contributed by atoms with Crippen molar-refractivity contribution in [2.24, 2.45) is 11.8 Å². The molecule has 1 saturated heterocycles. The van der Waals surface area contributed by atoms with Crippen molar-refractivity contribution in [1.82, 2.24) is 4.90 Å². The van der Waals surface area contributed by atoms with Gasteiger partial charge in [0.05, 0.1) is 12.0 Å². The van der Waals surface area contributed by atoms with Crippen LogP contribution < -0.4 is 0 Å². The highest BCUT2D eigenvalue weighted by Crippen LogP contribution is 2.39. The summed E-state index contributed by atoms with van der Waals surface area (Å²) in [6, 6.07) is 2.51. The molecule has 2 atom stereocenters. The number of nitrogens with zero attached hydrogens (tertiary/aromatic N) is 1. The number of hydrogen-bond donors (Lipinski definition) is 1. The number of carbonyl (C=O) groups excluding carboxylic acids is 1. The second-order valence-electron chi connectivity index (χ2n) is 5.71. The zero-order chi connectivity index (χ0) is 15.7. The van der Waals surface area contributed by atoms with Crippen molar-refractivity contribution in [3.05, 3.63) is 35.4 Å². The minimum absolute atomic E-state index is 0.119. The Labute approximate surface area is 121 Å². The molecule has 21 heavy (non-hydrogen) atoms. The average molecular weight is 297 g/mol. The number of aliphatic carboxylic acids is 1. The second kappa shape index (κ2) is 5.79. The molecule has 0 aromatic heterocycles. The van der Waals surface area contributed by atoms with E-state index in [0.29, 0.717) is 12.1 Å². The zero-order valence-electron chi connectivity index (χ0n) is 11.8. The molecule has 4 nitrogen and oxygen atoms in total. The maximum absolute atomic E-state index is 13.4. The summed E-state index contributed by atoms with van der Waals surface area (Å²) in [5.74, 6) is -4.21. The molecule has 2 unspecified atom stereocenters. The summed E-state index contributed by atoms with van der Waals surface area (Å²) >= 11 is 0. The summed E-state index contributed by atoms with van der Waals surface area (Å²) in [6.45, 7) is 4.19. The Bertz CT molecular complexity index is 574. The molecular formula is C15H17F2NO3. The van der Waals surface area contributed by atoms with Crippen molar-refractivity contribution in [1.29, 1.82) is 0 Å². The predicted molar refractivity (Wildman–Crippen MR) is 71.4 cm³/mol. The maximum atomic E-state index is 13.4. The van der Waals surface area contributed by atoms with E-state index in [1.54, 1.807) is 0 Å². The number of benzene rings is 1. The van der Waals surface area contributed by atoms with Gasteiger partial charge in [0.25, 0.3) is 0 Å². The Morgan fingerprint density at radius 3 is 2.57 bits per heavy atom. The van der Waals surface area contributed by atoms with Gasteiger partial charge in [-0.25, -0.2) is 8.78 Å². The van der Waals surface area contributed by atoms with Crippen molar-refractivity contribution >= 4 is 11.9 Å². The molecule has 0 spiro atoms. The van der Waals surface area contributed by atoms with Crippen LogP contribution in [0.2, 0.25) is 0 Å².